The van der Waals surface area contributed by atoms with Gasteiger partial charge in [-0.05, 0) is 43.5 Å². The van der Waals surface area contributed by atoms with Crippen molar-refractivity contribution in [1.82, 2.24) is 25.1 Å². The Bertz CT molecular complexity index is 1100. The minimum atomic E-state index is -0.187. The molecular formula is C20H19ClN6O2S. The van der Waals surface area contributed by atoms with Gasteiger partial charge in [0.1, 0.15) is 11.4 Å². The number of thioether (sulfide) groups is 1. The summed E-state index contributed by atoms with van der Waals surface area (Å²) >= 11 is 7.37. The lowest BCUT2D eigenvalue weighted by atomic mass is 10.2. The van der Waals surface area contributed by atoms with E-state index in [1.54, 1.807) is 36.5 Å². The molecule has 0 atom stereocenters. The maximum atomic E-state index is 12.3. The summed E-state index contributed by atoms with van der Waals surface area (Å²) in [5, 5.41) is 11.3. The lowest BCUT2D eigenvalue weighted by molar-refractivity contribution is -0.113. The molecule has 0 aliphatic heterocycles. The molecule has 1 saturated carbocycles. The quantitative estimate of drug-likeness (QED) is 0.430. The van der Waals surface area contributed by atoms with Crippen molar-refractivity contribution in [2.24, 2.45) is 0 Å². The lowest BCUT2D eigenvalue weighted by Crippen LogP contribution is -2.25. The molecular weight excluding hydrogens is 424 g/mol. The molecule has 1 fully saturated rings. The van der Waals surface area contributed by atoms with Crippen LogP contribution in [0.1, 0.15) is 28.9 Å². The van der Waals surface area contributed by atoms with E-state index >= 15 is 0 Å². The molecule has 2 aromatic heterocycles. The smallest absolute Gasteiger partial charge is 0.272 e. The third-order valence-corrected chi connectivity index (χ3v) is 5.82. The Morgan fingerprint density at radius 3 is 2.90 bits per heavy atom. The second kappa shape index (κ2) is 8.85. The molecule has 4 rings (SSSR count). The minimum absolute atomic E-state index is 0.163. The zero-order chi connectivity index (χ0) is 21.1. The van der Waals surface area contributed by atoms with Gasteiger partial charge in [0.15, 0.2) is 11.5 Å². The van der Waals surface area contributed by atoms with Gasteiger partial charge in [0, 0.05) is 29.0 Å². The molecule has 154 valence electrons. The fourth-order valence-corrected chi connectivity index (χ4v) is 3.50. The molecule has 0 spiro atoms. The highest BCUT2D eigenvalue weighted by molar-refractivity contribution is 7.99. The second-order valence-corrected chi connectivity index (χ2v) is 8.26. The van der Waals surface area contributed by atoms with Crippen molar-refractivity contribution in [1.29, 1.82) is 0 Å². The Labute approximate surface area is 182 Å². The molecule has 1 aliphatic carbocycles. The first kappa shape index (κ1) is 20.4. The van der Waals surface area contributed by atoms with E-state index in [2.05, 4.69) is 25.7 Å². The molecule has 0 unspecified atom stereocenters. The molecule has 2 N–H and O–H groups in total. The molecule has 0 radical (unpaired) electrons. The van der Waals surface area contributed by atoms with Crippen LogP contribution in [0.2, 0.25) is 5.02 Å². The van der Waals surface area contributed by atoms with E-state index in [9.17, 15) is 9.59 Å². The monoisotopic (exact) mass is 442 g/mol. The normalized spacial score (nSPS) is 13.1. The summed E-state index contributed by atoms with van der Waals surface area (Å²) in [6.07, 6.45) is 5.11. The van der Waals surface area contributed by atoms with Gasteiger partial charge < -0.3 is 10.6 Å². The maximum Gasteiger partial charge on any atom is 0.272 e. The van der Waals surface area contributed by atoms with Gasteiger partial charge in [-0.15, -0.1) is 0 Å². The highest BCUT2D eigenvalue weighted by atomic mass is 35.5. The standard InChI is InChI=1S/C20H19ClN6O2S/c1-12-14(21)3-2-4-15(12)25-18(28)10-30-19-9-17(22-11-23-19)27-8-7-16(26-27)20(29)24-13-5-6-13/h2-4,7-9,11,13H,5-6,10H2,1H3,(H,24,29)(H,25,28). The van der Waals surface area contributed by atoms with E-state index in [-0.39, 0.29) is 23.6 Å². The summed E-state index contributed by atoms with van der Waals surface area (Å²) in [6, 6.07) is 9.01. The van der Waals surface area contributed by atoms with Crippen molar-refractivity contribution in [3.8, 4) is 5.82 Å². The summed E-state index contributed by atoms with van der Waals surface area (Å²) in [6.45, 7) is 1.85. The van der Waals surface area contributed by atoms with Crippen molar-refractivity contribution < 1.29 is 9.59 Å². The van der Waals surface area contributed by atoms with Crippen molar-refractivity contribution in [2.75, 3.05) is 11.1 Å². The van der Waals surface area contributed by atoms with Crippen LogP contribution in [0, 0.1) is 6.92 Å². The molecule has 30 heavy (non-hydrogen) atoms. The third-order valence-electron chi connectivity index (χ3n) is 4.49. The van der Waals surface area contributed by atoms with Gasteiger partial charge >= 0.3 is 0 Å². The molecule has 1 aromatic carbocycles. The van der Waals surface area contributed by atoms with Gasteiger partial charge in [0.2, 0.25) is 5.91 Å². The number of anilines is 1. The summed E-state index contributed by atoms with van der Waals surface area (Å²) < 4.78 is 1.52. The zero-order valence-electron chi connectivity index (χ0n) is 16.1. The number of amides is 2. The van der Waals surface area contributed by atoms with Crippen LogP contribution in [0.3, 0.4) is 0 Å². The van der Waals surface area contributed by atoms with Gasteiger partial charge in [-0.2, -0.15) is 5.10 Å². The number of aromatic nitrogens is 4. The second-order valence-electron chi connectivity index (χ2n) is 6.86. The van der Waals surface area contributed by atoms with Crippen LogP contribution in [0.15, 0.2) is 47.9 Å². The van der Waals surface area contributed by atoms with Crippen LogP contribution in [-0.4, -0.2) is 43.4 Å². The fourth-order valence-electron chi connectivity index (χ4n) is 2.66. The average molecular weight is 443 g/mol. The number of hydrogen-bond donors (Lipinski definition) is 2. The minimum Gasteiger partial charge on any atom is -0.348 e. The lowest BCUT2D eigenvalue weighted by Gasteiger charge is -2.09. The zero-order valence-corrected chi connectivity index (χ0v) is 17.7. The van der Waals surface area contributed by atoms with Crippen molar-refractivity contribution in [3.05, 3.63) is 59.1 Å². The number of hydrogen-bond acceptors (Lipinski definition) is 6. The molecule has 3 aromatic rings. The first-order valence-corrected chi connectivity index (χ1v) is 10.7. The van der Waals surface area contributed by atoms with Gasteiger partial charge in [-0.1, -0.05) is 29.4 Å². The first-order valence-electron chi connectivity index (χ1n) is 9.36. The largest absolute Gasteiger partial charge is 0.348 e. The van der Waals surface area contributed by atoms with E-state index in [0.717, 1.165) is 18.4 Å². The van der Waals surface area contributed by atoms with E-state index in [4.69, 9.17) is 11.6 Å². The van der Waals surface area contributed by atoms with Crippen molar-refractivity contribution >= 4 is 40.9 Å². The molecule has 1 aliphatic rings. The molecule has 2 heterocycles. The summed E-state index contributed by atoms with van der Waals surface area (Å²) in [5.74, 6) is 0.344. The van der Waals surface area contributed by atoms with Gasteiger partial charge in [0.25, 0.3) is 5.91 Å². The highest BCUT2D eigenvalue weighted by Crippen LogP contribution is 2.24. The molecule has 0 bridgehead atoms. The summed E-state index contributed by atoms with van der Waals surface area (Å²) in [4.78, 5) is 32.8. The topological polar surface area (TPSA) is 102 Å². The number of nitrogens with one attached hydrogen (secondary N) is 2. The van der Waals surface area contributed by atoms with Crippen LogP contribution in [0.5, 0.6) is 0 Å². The van der Waals surface area contributed by atoms with E-state index in [1.165, 1.54) is 22.8 Å². The Kier molecular flexibility index (Phi) is 6.01. The maximum absolute atomic E-state index is 12.3. The number of rotatable bonds is 7. The van der Waals surface area contributed by atoms with Gasteiger partial charge in [-0.3, -0.25) is 9.59 Å². The highest BCUT2D eigenvalue weighted by Gasteiger charge is 2.24. The third kappa shape index (κ3) is 4.98. The van der Waals surface area contributed by atoms with Crippen LogP contribution >= 0.6 is 23.4 Å². The van der Waals surface area contributed by atoms with Crippen LogP contribution < -0.4 is 10.6 Å². The first-order chi connectivity index (χ1) is 14.5. The number of benzene rings is 1. The molecule has 10 heteroatoms. The Morgan fingerprint density at radius 2 is 2.10 bits per heavy atom. The average Bonchev–Trinajstić information content (AvgIpc) is 3.41. The van der Waals surface area contributed by atoms with Gasteiger partial charge in [-0.25, -0.2) is 14.6 Å². The molecule has 8 nitrogen and oxygen atoms in total. The van der Waals surface area contributed by atoms with E-state index in [1.807, 2.05) is 6.92 Å². The number of nitrogens with zero attached hydrogens (tertiary/aromatic N) is 4. The van der Waals surface area contributed by atoms with Gasteiger partial charge in [0.05, 0.1) is 5.75 Å². The summed E-state index contributed by atoms with van der Waals surface area (Å²) in [7, 11) is 0. The molecule has 0 saturated heterocycles. The Morgan fingerprint density at radius 1 is 1.27 bits per heavy atom. The summed E-state index contributed by atoms with van der Waals surface area (Å²) in [5.41, 5.74) is 1.85. The van der Waals surface area contributed by atoms with Crippen LogP contribution in [0.4, 0.5) is 5.69 Å². The number of carbonyl (C=O) groups is 2. The van der Waals surface area contributed by atoms with Crippen LogP contribution in [-0.2, 0) is 4.79 Å². The fraction of sp³-hybridized carbons (Fsp3) is 0.250. The SMILES string of the molecule is Cc1c(Cl)cccc1NC(=O)CSc1cc(-n2ccc(C(=O)NC3CC3)n2)ncn1. The number of halogens is 1. The predicted octanol–water partition coefficient (Wildman–Crippen LogP) is 3.25. The van der Waals surface area contributed by atoms with Crippen molar-refractivity contribution in [2.45, 2.75) is 30.8 Å². The predicted molar refractivity (Wildman–Crippen MR) is 115 cm³/mol. The Balaban J connectivity index is 1.37. The number of carbonyl (C=O) groups excluding carboxylic acids is 2. The molecule has 2 amide bonds. The van der Waals surface area contributed by atoms with E-state index in [0.29, 0.717) is 27.2 Å². The van der Waals surface area contributed by atoms with E-state index < -0.39 is 0 Å². The van der Waals surface area contributed by atoms with Crippen LogP contribution in [0.25, 0.3) is 5.82 Å². The van der Waals surface area contributed by atoms with Crippen molar-refractivity contribution in [3.63, 3.8) is 0 Å². The Hall–Kier alpha value is -2.91.